The smallest absolute Gasteiger partial charge is 0.164 e. The van der Waals surface area contributed by atoms with Crippen molar-refractivity contribution in [2.45, 2.75) is 0 Å². The Hall–Kier alpha value is -9.26. The van der Waals surface area contributed by atoms with Crippen LogP contribution < -0.4 is 0 Å². The topological polar surface area (TPSA) is 61.4 Å². The molecule has 0 bridgehead atoms. The Bertz CT molecular complexity index is 3940. The number of fused-ring (bicyclic) bond motifs is 6. The van der Waals surface area contributed by atoms with Crippen molar-refractivity contribution in [1.29, 1.82) is 0 Å². The maximum absolute atomic E-state index is 5.36. The van der Waals surface area contributed by atoms with Gasteiger partial charge in [0.25, 0.3) is 0 Å². The van der Waals surface area contributed by atoms with Crippen LogP contribution in [0.25, 0.3) is 123 Å². The molecular weight excluding hydrogens is 829 g/mol. The summed E-state index contributed by atoms with van der Waals surface area (Å²) >= 11 is 0. The summed E-state index contributed by atoms with van der Waals surface area (Å²) in [4.78, 5) is 20.5. The number of benzene rings is 9. The number of rotatable bonds is 8. The van der Waals surface area contributed by atoms with E-state index in [2.05, 4.69) is 202 Å². The molecule has 0 aliphatic heterocycles. The molecule has 0 N–H and O–H groups in total. The SMILES string of the molecule is c1ccc(-c2nc(-c3ccccc3)nc(-c3ccc(-c4cccnc4)c(-c4ccc5c(c4)c4ccccc4n5-c4ccccc4)c3-c3ccc4c(c3)c3ccccc3n4-c3ccccc3)n2)cc1. The summed E-state index contributed by atoms with van der Waals surface area (Å²) in [5, 5.41) is 4.67. The van der Waals surface area contributed by atoms with Gasteiger partial charge in [0.2, 0.25) is 0 Å². The Morgan fingerprint density at radius 1 is 0.279 bits per heavy atom. The summed E-state index contributed by atoms with van der Waals surface area (Å²) in [5.74, 6) is 1.80. The van der Waals surface area contributed by atoms with Gasteiger partial charge >= 0.3 is 0 Å². The predicted octanol–water partition coefficient (Wildman–Crippen LogP) is 15.5. The number of aromatic nitrogens is 6. The zero-order chi connectivity index (χ0) is 45.0. The second-order valence-corrected chi connectivity index (χ2v) is 17.0. The Morgan fingerprint density at radius 3 is 1.19 bits per heavy atom. The molecule has 9 aromatic carbocycles. The van der Waals surface area contributed by atoms with Crippen molar-refractivity contribution in [2.75, 3.05) is 0 Å². The van der Waals surface area contributed by atoms with Crippen molar-refractivity contribution in [3.05, 3.63) is 243 Å². The molecule has 4 heterocycles. The van der Waals surface area contributed by atoms with Gasteiger partial charge in [-0.05, 0) is 95.1 Å². The third kappa shape index (κ3) is 6.58. The van der Waals surface area contributed by atoms with Gasteiger partial charge in [-0.25, -0.2) is 15.0 Å². The maximum atomic E-state index is 5.36. The van der Waals surface area contributed by atoms with E-state index in [9.17, 15) is 0 Å². The fraction of sp³-hybridized carbons (Fsp3) is 0. The summed E-state index contributed by atoms with van der Waals surface area (Å²) in [6.45, 7) is 0. The van der Waals surface area contributed by atoms with Crippen LogP contribution in [0.2, 0.25) is 0 Å². The van der Waals surface area contributed by atoms with Crippen molar-refractivity contribution in [3.8, 4) is 78.9 Å². The number of nitrogens with zero attached hydrogens (tertiary/aromatic N) is 6. The number of pyridine rings is 1. The molecule has 0 fully saturated rings. The first kappa shape index (κ1) is 39.1. The monoisotopic (exact) mass is 868 g/mol. The van der Waals surface area contributed by atoms with E-state index in [-0.39, 0.29) is 0 Å². The minimum absolute atomic E-state index is 0.584. The van der Waals surface area contributed by atoms with Crippen molar-refractivity contribution < 1.29 is 0 Å². The van der Waals surface area contributed by atoms with Crippen LogP contribution in [-0.2, 0) is 0 Å². The Labute approximate surface area is 392 Å². The predicted molar refractivity (Wildman–Crippen MR) is 279 cm³/mol. The standard InChI is InChI=1S/C62H40N6/c1-5-18-41(19-6-1)60-64-61(42-20-7-2-8-21-42)66-62(65-60)51-34-33-48(45-22-17-37-63-40-45)58(43-31-35-56-52(38-43)49-27-13-15-29-54(49)67(56)46-23-9-3-10-24-46)59(51)44-32-36-57-53(39-44)50-28-14-16-30-55(50)68(57)47-25-11-4-12-26-47/h1-40H. The van der Waals surface area contributed by atoms with Crippen molar-refractivity contribution >= 4 is 43.6 Å². The zero-order valence-electron chi connectivity index (χ0n) is 36.8. The summed E-state index contributed by atoms with van der Waals surface area (Å²) in [6.07, 6.45) is 3.79. The van der Waals surface area contributed by atoms with E-state index in [1.54, 1.807) is 0 Å². The molecule has 318 valence electrons. The first-order chi connectivity index (χ1) is 33.7. The Morgan fingerprint density at radius 2 is 0.691 bits per heavy atom. The summed E-state index contributed by atoms with van der Waals surface area (Å²) in [5.41, 5.74) is 15.7. The highest BCUT2D eigenvalue weighted by atomic mass is 15.0. The van der Waals surface area contributed by atoms with E-state index in [0.29, 0.717) is 17.5 Å². The molecule has 68 heavy (non-hydrogen) atoms. The molecule has 0 unspecified atom stereocenters. The van der Waals surface area contributed by atoms with Crippen LogP contribution in [0.15, 0.2) is 243 Å². The van der Waals surface area contributed by atoms with Crippen LogP contribution in [0.4, 0.5) is 0 Å². The van der Waals surface area contributed by atoms with Gasteiger partial charge in [-0.3, -0.25) is 4.98 Å². The molecule has 0 radical (unpaired) electrons. The molecule has 0 atom stereocenters. The van der Waals surface area contributed by atoms with Gasteiger partial charge in [0.1, 0.15) is 0 Å². The van der Waals surface area contributed by atoms with Crippen molar-refractivity contribution in [1.82, 2.24) is 29.1 Å². The lowest BCUT2D eigenvalue weighted by atomic mass is 9.84. The average molecular weight is 869 g/mol. The van der Waals surface area contributed by atoms with Gasteiger partial charge in [0.05, 0.1) is 22.1 Å². The second kappa shape index (κ2) is 16.3. The average Bonchev–Trinajstić information content (AvgIpc) is 3.94. The van der Waals surface area contributed by atoms with Crippen LogP contribution in [0, 0.1) is 0 Å². The van der Waals surface area contributed by atoms with Gasteiger partial charge in [0, 0.05) is 73.1 Å². The second-order valence-electron chi connectivity index (χ2n) is 17.0. The highest BCUT2D eigenvalue weighted by molar-refractivity contribution is 6.14. The lowest BCUT2D eigenvalue weighted by Crippen LogP contribution is -2.02. The van der Waals surface area contributed by atoms with Crippen LogP contribution in [0.3, 0.4) is 0 Å². The molecule has 6 nitrogen and oxygen atoms in total. The minimum atomic E-state index is 0.584. The quantitative estimate of drug-likeness (QED) is 0.153. The van der Waals surface area contributed by atoms with Crippen molar-refractivity contribution in [3.63, 3.8) is 0 Å². The number of para-hydroxylation sites is 4. The largest absolute Gasteiger partial charge is 0.309 e. The zero-order valence-corrected chi connectivity index (χ0v) is 36.8. The summed E-state index contributed by atoms with van der Waals surface area (Å²) < 4.78 is 4.73. The van der Waals surface area contributed by atoms with E-state index in [1.807, 2.05) is 54.9 Å². The number of hydrogen-bond donors (Lipinski definition) is 0. The first-order valence-electron chi connectivity index (χ1n) is 22.9. The Balaban J connectivity index is 1.16. The third-order valence-corrected chi connectivity index (χ3v) is 13.1. The minimum Gasteiger partial charge on any atom is -0.309 e. The van der Waals surface area contributed by atoms with Gasteiger partial charge in [-0.1, -0.05) is 158 Å². The van der Waals surface area contributed by atoms with Crippen LogP contribution >= 0.6 is 0 Å². The van der Waals surface area contributed by atoms with E-state index < -0.39 is 0 Å². The molecule has 0 saturated carbocycles. The molecule has 13 aromatic rings. The maximum Gasteiger partial charge on any atom is 0.164 e. The molecule has 0 aliphatic carbocycles. The van der Waals surface area contributed by atoms with E-state index >= 15 is 0 Å². The summed E-state index contributed by atoms with van der Waals surface area (Å²) in [6, 6.07) is 81.4. The molecular formula is C62H40N6. The Kier molecular flexibility index (Phi) is 9.39. The highest BCUT2D eigenvalue weighted by Crippen LogP contribution is 2.48. The fourth-order valence-corrected chi connectivity index (χ4v) is 10.0. The van der Waals surface area contributed by atoms with Gasteiger partial charge in [-0.2, -0.15) is 0 Å². The van der Waals surface area contributed by atoms with Crippen LogP contribution in [0.5, 0.6) is 0 Å². The highest BCUT2D eigenvalue weighted by Gasteiger charge is 2.25. The fourth-order valence-electron chi connectivity index (χ4n) is 10.0. The lowest BCUT2D eigenvalue weighted by molar-refractivity contribution is 1.07. The molecule has 13 rings (SSSR count). The summed E-state index contributed by atoms with van der Waals surface area (Å²) in [7, 11) is 0. The van der Waals surface area contributed by atoms with Gasteiger partial charge in [-0.15, -0.1) is 0 Å². The van der Waals surface area contributed by atoms with E-state index in [0.717, 1.165) is 94.3 Å². The van der Waals surface area contributed by atoms with Crippen LogP contribution in [-0.4, -0.2) is 29.1 Å². The van der Waals surface area contributed by atoms with Gasteiger partial charge in [0.15, 0.2) is 17.5 Å². The molecule has 0 aliphatic rings. The molecule has 6 heteroatoms. The lowest BCUT2D eigenvalue weighted by Gasteiger charge is -2.21. The van der Waals surface area contributed by atoms with Crippen LogP contribution in [0.1, 0.15) is 0 Å². The van der Waals surface area contributed by atoms with Crippen molar-refractivity contribution in [2.24, 2.45) is 0 Å². The van der Waals surface area contributed by atoms with E-state index in [4.69, 9.17) is 15.0 Å². The third-order valence-electron chi connectivity index (χ3n) is 13.1. The number of hydrogen-bond acceptors (Lipinski definition) is 4. The molecule has 0 saturated heterocycles. The molecule has 0 amide bonds. The van der Waals surface area contributed by atoms with E-state index in [1.165, 1.54) is 10.8 Å². The normalized spacial score (nSPS) is 11.5. The molecule has 4 aromatic heterocycles. The van der Waals surface area contributed by atoms with Gasteiger partial charge < -0.3 is 9.13 Å². The molecule has 0 spiro atoms. The first-order valence-corrected chi connectivity index (χ1v) is 22.9.